The van der Waals surface area contributed by atoms with E-state index in [0.717, 1.165) is 40.4 Å². The van der Waals surface area contributed by atoms with Gasteiger partial charge in [-0.2, -0.15) is 13.2 Å². The number of benzene rings is 2. The van der Waals surface area contributed by atoms with E-state index < -0.39 is 11.9 Å². The summed E-state index contributed by atoms with van der Waals surface area (Å²) >= 11 is 0.865. The molecule has 3 rings (SSSR count). The molecule has 4 nitrogen and oxygen atoms in total. The Morgan fingerprint density at radius 3 is 2.67 bits per heavy atom. The first-order valence-electron chi connectivity index (χ1n) is 8.14. The van der Waals surface area contributed by atoms with Crippen molar-refractivity contribution in [1.82, 2.24) is 15.3 Å². The molecule has 140 valence electrons. The maximum Gasteiger partial charge on any atom is 0.433 e. The van der Waals surface area contributed by atoms with Crippen molar-refractivity contribution in [3.05, 3.63) is 66.0 Å². The number of carbonyl (C=O) groups is 1. The molecule has 0 saturated carbocycles. The number of amides is 1. The summed E-state index contributed by atoms with van der Waals surface area (Å²) in [6, 6.07) is 14.3. The molecule has 8 heteroatoms. The van der Waals surface area contributed by atoms with Gasteiger partial charge in [-0.05, 0) is 29.3 Å². The molecule has 1 N–H and O–H groups in total. The Kier molecular flexibility index (Phi) is 5.65. The standard InChI is InChI=1S/C19H16F3N3OS/c1-12(14-8-4-6-13-5-2-3-7-15(13)14)24-17(26)11-27-18-23-10-9-16(25-18)19(20,21)22/h2-10,12H,11H2,1H3,(H,24,26). The van der Waals surface area contributed by atoms with Crippen LogP contribution in [0.2, 0.25) is 0 Å². The first-order chi connectivity index (χ1) is 12.8. The predicted octanol–water partition coefficient (Wildman–Crippen LogP) is 4.62. The lowest BCUT2D eigenvalue weighted by molar-refractivity contribution is -0.141. The average Bonchev–Trinajstić information content (AvgIpc) is 2.65. The van der Waals surface area contributed by atoms with E-state index in [-0.39, 0.29) is 22.9 Å². The summed E-state index contributed by atoms with van der Waals surface area (Å²) in [5.41, 5.74) is -0.0497. The van der Waals surface area contributed by atoms with E-state index >= 15 is 0 Å². The van der Waals surface area contributed by atoms with Crippen molar-refractivity contribution in [3.63, 3.8) is 0 Å². The molecule has 1 heterocycles. The number of nitrogens with zero attached hydrogens (tertiary/aromatic N) is 2. The van der Waals surface area contributed by atoms with Crippen molar-refractivity contribution in [2.75, 3.05) is 5.75 Å². The predicted molar refractivity (Wildman–Crippen MR) is 98.3 cm³/mol. The highest BCUT2D eigenvalue weighted by Gasteiger charge is 2.32. The quantitative estimate of drug-likeness (QED) is 0.509. The van der Waals surface area contributed by atoms with Crippen LogP contribution in [0.15, 0.2) is 59.9 Å². The summed E-state index contributed by atoms with van der Waals surface area (Å²) in [4.78, 5) is 19.4. The molecule has 0 bridgehead atoms. The smallest absolute Gasteiger partial charge is 0.349 e. The van der Waals surface area contributed by atoms with Gasteiger partial charge in [0, 0.05) is 6.20 Å². The van der Waals surface area contributed by atoms with E-state index in [1.165, 1.54) is 0 Å². The van der Waals surface area contributed by atoms with Gasteiger partial charge in [-0.3, -0.25) is 4.79 Å². The Hall–Kier alpha value is -2.61. The average molecular weight is 391 g/mol. The summed E-state index contributed by atoms with van der Waals surface area (Å²) in [6.45, 7) is 1.87. The molecular formula is C19H16F3N3OS. The highest BCUT2D eigenvalue weighted by molar-refractivity contribution is 7.99. The van der Waals surface area contributed by atoms with Gasteiger partial charge in [0.1, 0.15) is 5.69 Å². The minimum Gasteiger partial charge on any atom is -0.349 e. The summed E-state index contributed by atoms with van der Waals surface area (Å²) in [7, 11) is 0. The van der Waals surface area contributed by atoms with Gasteiger partial charge in [-0.15, -0.1) is 0 Å². The Morgan fingerprint density at radius 1 is 1.15 bits per heavy atom. The highest BCUT2D eigenvalue weighted by Crippen LogP contribution is 2.28. The first kappa shape index (κ1) is 19.2. The zero-order valence-corrected chi connectivity index (χ0v) is 15.1. The Balaban J connectivity index is 1.64. The molecule has 1 aromatic heterocycles. The molecule has 0 radical (unpaired) electrons. The number of alkyl halides is 3. The summed E-state index contributed by atoms with van der Waals surface area (Å²) < 4.78 is 38.0. The SMILES string of the molecule is CC(NC(=O)CSc1nccc(C(F)(F)F)n1)c1cccc2ccccc12. The maximum absolute atomic E-state index is 12.7. The van der Waals surface area contributed by atoms with Crippen molar-refractivity contribution in [1.29, 1.82) is 0 Å². The molecule has 1 amide bonds. The lowest BCUT2D eigenvalue weighted by Gasteiger charge is -2.16. The van der Waals surface area contributed by atoms with E-state index in [1.807, 2.05) is 49.4 Å². The number of carbonyl (C=O) groups excluding carboxylic acids is 1. The molecule has 27 heavy (non-hydrogen) atoms. The fourth-order valence-corrected chi connectivity index (χ4v) is 3.33. The van der Waals surface area contributed by atoms with Gasteiger partial charge in [0.05, 0.1) is 11.8 Å². The summed E-state index contributed by atoms with van der Waals surface area (Å²) in [5, 5.41) is 4.90. The van der Waals surface area contributed by atoms with Gasteiger partial charge in [0.15, 0.2) is 5.16 Å². The van der Waals surface area contributed by atoms with Crippen LogP contribution in [0.25, 0.3) is 10.8 Å². The number of nitrogens with one attached hydrogen (secondary N) is 1. The number of fused-ring (bicyclic) bond motifs is 1. The van der Waals surface area contributed by atoms with Gasteiger partial charge >= 0.3 is 6.18 Å². The van der Waals surface area contributed by atoms with Gasteiger partial charge in [-0.1, -0.05) is 54.2 Å². The monoisotopic (exact) mass is 391 g/mol. The molecule has 0 spiro atoms. The molecule has 0 saturated heterocycles. The van der Waals surface area contributed by atoms with Crippen LogP contribution < -0.4 is 5.32 Å². The number of halogens is 3. The van der Waals surface area contributed by atoms with Crippen LogP contribution in [0.4, 0.5) is 13.2 Å². The zero-order chi connectivity index (χ0) is 19.4. The molecule has 0 fully saturated rings. The third kappa shape index (κ3) is 4.77. The second-order valence-electron chi connectivity index (χ2n) is 5.87. The van der Waals surface area contributed by atoms with Gasteiger partial charge < -0.3 is 5.32 Å². The van der Waals surface area contributed by atoms with E-state index in [1.54, 1.807) is 0 Å². The van der Waals surface area contributed by atoms with Crippen LogP contribution in [0, 0.1) is 0 Å². The second kappa shape index (κ2) is 7.96. The van der Waals surface area contributed by atoms with Crippen LogP contribution in [-0.4, -0.2) is 21.6 Å². The summed E-state index contributed by atoms with van der Waals surface area (Å²) in [6.07, 6.45) is -3.50. The molecular weight excluding hydrogens is 375 g/mol. The number of rotatable bonds is 5. The first-order valence-corrected chi connectivity index (χ1v) is 9.13. The van der Waals surface area contributed by atoms with Crippen molar-refractivity contribution in [2.24, 2.45) is 0 Å². The number of hydrogen-bond donors (Lipinski definition) is 1. The van der Waals surface area contributed by atoms with Crippen LogP contribution in [-0.2, 0) is 11.0 Å². The fraction of sp³-hybridized carbons (Fsp3) is 0.211. The second-order valence-corrected chi connectivity index (χ2v) is 6.81. The fourth-order valence-electron chi connectivity index (χ4n) is 2.69. The number of aromatic nitrogens is 2. The normalized spacial score (nSPS) is 12.7. The third-order valence-corrected chi connectivity index (χ3v) is 4.79. The van der Waals surface area contributed by atoms with Crippen molar-refractivity contribution >= 4 is 28.4 Å². The zero-order valence-electron chi connectivity index (χ0n) is 14.3. The maximum atomic E-state index is 12.7. The lowest BCUT2D eigenvalue weighted by Crippen LogP contribution is -2.28. The van der Waals surface area contributed by atoms with E-state index in [9.17, 15) is 18.0 Å². The Labute approximate surface area is 158 Å². The highest BCUT2D eigenvalue weighted by atomic mass is 32.2. The number of hydrogen-bond acceptors (Lipinski definition) is 4. The molecule has 1 unspecified atom stereocenters. The number of thioether (sulfide) groups is 1. The van der Waals surface area contributed by atoms with Crippen LogP contribution >= 0.6 is 11.8 Å². The van der Waals surface area contributed by atoms with Crippen molar-refractivity contribution in [2.45, 2.75) is 24.3 Å². The van der Waals surface area contributed by atoms with Crippen LogP contribution in [0.3, 0.4) is 0 Å². The molecule has 0 aliphatic rings. The molecule has 1 atom stereocenters. The Morgan fingerprint density at radius 2 is 1.89 bits per heavy atom. The molecule has 0 aliphatic carbocycles. The van der Waals surface area contributed by atoms with Gasteiger partial charge in [-0.25, -0.2) is 9.97 Å². The van der Waals surface area contributed by atoms with Crippen LogP contribution in [0.1, 0.15) is 24.2 Å². The topological polar surface area (TPSA) is 54.9 Å². The van der Waals surface area contributed by atoms with E-state index in [0.29, 0.717) is 0 Å². The molecule has 2 aromatic carbocycles. The third-order valence-electron chi connectivity index (χ3n) is 3.92. The van der Waals surface area contributed by atoms with Gasteiger partial charge in [0.2, 0.25) is 5.91 Å². The summed E-state index contributed by atoms with van der Waals surface area (Å²) in [5.74, 6) is -0.377. The lowest BCUT2D eigenvalue weighted by atomic mass is 10.00. The van der Waals surface area contributed by atoms with Crippen molar-refractivity contribution < 1.29 is 18.0 Å². The minimum absolute atomic E-state index is 0.0730. The van der Waals surface area contributed by atoms with E-state index in [2.05, 4.69) is 15.3 Å². The largest absolute Gasteiger partial charge is 0.433 e. The van der Waals surface area contributed by atoms with E-state index in [4.69, 9.17) is 0 Å². The molecule has 3 aromatic rings. The minimum atomic E-state index is -4.54. The Bertz CT molecular complexity index is 957. The molecule has 0 aliphatic heterocycles. The van der Waals surface area contributed by atoms with Gasteiger partial charge in [0.25, 0.3) is 0 Å². The van der Waals surface area contributed by atoms with Crippen LogP contribution in [0.5, 0.6) is 0 Å². The van der Waals surface area contributed by atoms with Crippen molar-refractivity contribution in [3.8, 4) is 0 Å².